The minimum absolute atomic E-state index is 0.606. The van der Waals surface area contributed by atoms with Crippen LogP contribution >= 0.6 is 0 Å². The molecule has 0 unspecified atom stereocenters. The lowest BCUT2D eigenvalue weighted by molar-refractivity contribution is 0.769. The third-order valence-corrected chi connectivity index (χ3v) is 4.05. The van der Waals surface area contributed by atoms with Crippen LogP contribution in [0.25, 0.3) is 11.6 Å². The molecule has 144 valence electrons. The van der Waals surface area contributed by atoms with E-state index in [0.29, 0.717) is 5.92 Å². The molecule has 0 N–H and O–H groups in total. The fraction of sp³-hybridized carbons (Fsp3) is 0.480. The van der Waals surface area contributed by atoms with E-state index in [1.807, 2.05) is 20.0 Å². The molecule has 0 saturated carbocycles. The lowest BCUT2D eigenvalue weighted by Crippen LogP contribution is -2.01. The predicted octanol–water partition coefficient (Wildman–Crippen LogP) is 8.05. The molecule has 0 atom stereocenters. The molecule has 0 aromatic carbocycles. The minimum Gasteiger partial charge on any atom is -0.256 e. The van der Waals surface area contributed by atoms with Crippen molar-refractivity contribution in [3.05, 3.63) is 65.0 Å². The van der Waals surface area contributed by atoms with Gasteiger partial charge in [0.15, 0.2) is 0 Å². The van der Waals surface area contributed by atoms with E-state index in [1.165, 1.54) is 28.7 Å². The van der Waals surface area contributed by atoms with Crippen molar-refractivity contribution in [3.8, 4) is 0 Å². The maximum Gasteiger partial charge on any atom is 0.0696 e. The molecule has 1 aromatic rings. The largest absolute Gasteiger partial charge is 0.256 e. The SMILES string of the molecule is CC.CCC.C\C(=C/C=C\C=C(/C)C(C)C)c1nccc2c1CCC=C2. The Labute approximate surface area is 162 Å². The summed E-state index contributed by atoms with van der Waals surface area (Å²) in [5.41, 5.74) is 6.48. The van der Waals surface area contributed by atoms with Gasteiger partial charge in [0.1, 0.15) is 0 Å². The number of nitrogens with zero attached hydrogens (tertiary/aromatic N) is 1. The van der Waals surface area contributed by atoms with Gasteiger partial charge in [0.25, 0.3) is 0 Å². The standard InChI is InChI=1S/C20H25N.C3H8.C2H6/c1-15(2)16(3)9-5-6-10-17(4)20-19-12-8-7-11-18(19)13-14-21-20;1-3-2;1-2/h5-7,9-11,13-15H,8,12H2,1-4H3;3H2,1-2H3;1-2H3/b6-5-,16-9+,17-10+;;. The smallest absolute Gasteiger partial charge is 0.0696 e. The van der Waals surface area contributed by atoms with Crippen LogP contribution in [0.5, 0.6) is 0 Å². The summed E-state index contributed by atoms with van der Waals surface area (Å²) in [6.07, 6.45) is 18.4. The first-order valence-corrected chi connectivity index (χ1v) is 10.2. The number of pyridine rings is 1. The summed E-state index contributed by atoms with van der Waals surface area (Å²) >= 11 is 0. The Morgan fingerprint density at radius 2 is 1.73 bits per heavy atom. The first-order chi connectivity index (χ1) is 12.5. The highest BCUT2D eigenvalue weighted by atomic mass is 14.7. The molecule has 0 amide bonds. The van der Waals surface area contributed by atoms with E-state index in [1.54, 1.807) is 0 Å². The molecule has 0 saturated heterocycles. The summed E-state index contributed by atoms with van der Waals surface area (Å²) in [5, 5.41) is 0. The molecular weight excluding hydrogens is 314 g/mol. The average Bonchev–Trinajstić information content (AvgIpc) is 2.66. The lowest BCUT2D eigenvalue weighted by atomic mass is 9.94. The Hall–Kier alpha value is -1.89. The van der Waals surface area contributed by atoms with Crippen LogP contribution in [0.15, 0.2) is 48.2 Å². The van der Waals surface area contributed by atoms with Crippen molar-refractivity contribution in [1.82, 2.24) is 4.98 Å². The number of hydrogen-bond donors (Lipinski definition) is 0. The topological polar surface area (TPSA) is 12.9 Å². The van der Waals surface area contributed by atoms with Crippen molar-refractivity contribution < 1.29 is 0 Å². The van der Waals surface area contributed by atoms with E-state index in [2.05, 4.69) is 89.0 Å². The second-order valence-electron chi connectivity index (χ2n) is 6.68. The summed E-state index contributed by atoms with van der Waals surface area (Å²) in [7, 11) is 0. The van der Waals surface area contributed by atoms with E-state index >= 15 is 0 Å². The molecule has 2 rings (SSSR count). The van der Waals surface area contributed by atoms with E-state index in [4.69, 9.17) is 0 Å². The fourth-order valence-corrected chi connectivity index (χ4v) is 2.38. The van der Waals surface area contributed by atoms with Gasteiger partial charge in [-0.25, -0.2) is 0 Å². The van der Waals surface area contributed by atoms with Gasteiger partial charge in [-0.1, -0.05) is 90.0 Å². The van der Waals surface area contributed by atoms with Gasteiger partial charge in [0.05, 0.1) is 5.69 Å². The van der Waals surface area contributed by atoms with E-state index in [-0.39, 0.29) is 0 Å². The maximum absolute atomic E-state index is 4.58. The molecule has 0 spiro atoms. The summed E-state index contributed by atoms with van der Waals surface area (Å²) in [5.74, 6) is 0.606. The van der Waals surface area contributed by atoms with Crippen LogP contribution in [0, 0.1) is 5.92 Å². The second-order valence-corrected chi connectivity index (χ2v) is 6.68. The summed E-state index contributed by atoms with van der Waals surface area (Å²) in [6.45, 7) is 17.0. The minimum atomic E-state index is 0.606. The van der Waals surface area contributed by atoms with Crippen LogP contribution in [0.3, 0.4) is 0 Å². The summed E-state index contributed by atoms with van der Waals surface area (Å²) in [6, 6.07) is 2.10. The first kappa shape index (κ1) is 24.1. The highest BCUT2D eigenvalue weighted by Crippen LogP contribution is 2.25. The van der Waals surface area contributed by atoms with Crippen LogP contribution in [0.1, 0.15) is 85.1 Å². The van der Waals surface area contributed by atoms with Gasteiger partial charge in [-0.15, -0.1) is 0 Å². The number of rotatable bonds is 4. The highest BCUT2D eigenvalue weighted by Gasteiger charge is 2.11. The van der Waals surface area contributed by atoms with Crippen molar-refractivity contribution in [2.75, 3.05) is 0 Å². The van der Waals surface area contributed by atoms with E-state index < -0.39 is 0 Å². The molecule has 0 bridgehead atoms. The van der Waals surface area contributed by atoms with Crippen molar-refractivity contribution >= 4 is 11.6 Å². The molecule has 1 heterocycles. The van der Waals surface area contributed by atoms with Crippen LogP contribution in [-0.2, 0) is 6.42 Å². The lowest BCUT2D eigenvalue weighted by Gasteiger charge is -2.14. The van der Waals surface area contributed by atoms with Gasteiger partial charge in [0.2, 0.25) is 0 Å². The van der Waals surface area contributed by atoms with Gasteiger partial charge in [-0.05, 0) is 55.4 Å². The molecule has 1 nitrogen and oxygen atoms in total. The van der Waals surface area contributed by atoms with Crippen molar-refractivity contribution in [2.45, 2.75) is 74.7 Å². The summed E-state index contributed by atoms with van der Waals surface area (Å²) < 4.78 is 0. The first-order valence-electron chi connectivity index (χ1n) is 10.2. The molecule has 1 heteroatoms. The zero-order chi connectivity index (χ0) is 19.9. The molecule has 0 fully saturated rings. The van der Waals surface area contributed by atoms with Gasteiger partial charge >= 0.3 is 0 Å². The average molecular weight is 354 g/mol. The molecule has 1 aliphatic rings. The van der Waals surface area contributed by atoms with Crippen LogP contribution < -0.4 is 0 Å². The Morgan fingerprint density at radius 1 is 1.12 bits per heavy atom. The molecule has 0 radical (unpaired) electrons. The third kappa shape index (κ3) is 8.47. The van der Waals surface area contributed by atoms with E-state index in [0.717, 1.165) is 18.5 Å². The van der Waals surface area contributed by atoms with Gasteiger partial charge in [-0.2, -0.15) is 0 Å². The van der Waals surface area contributed by atoms with Gasteiger partial charge in [-0.3, -0.25) is 4.98 Å². The number of allylic oxidation sites excluding steroid dienone is 7. The Bertz CT molecular complexity index is 628. The molecule has 1 aliphatic carbocycles. The molecule has 0 aliphatic heterocycles. The van der Waals surface area contributed by atoms with Gasteiger partial charge < -0.3 is 0 Å². The number of hydrogen-bond acceptors (Lipinski definition) is 1. The highest BCUT2D eigenvalue weighted by molar-refractivity contribution is 5.70. The Morgan fingerprint density at radius 3 is 2.35 bits per heavy atom. The van der Waals surface area contributed by atoms with Crippen molar-refractivity contribution in [3.63, 3.8) is 0 Å². The third-order valence-electron chi connectivity index (χ3n) is 4.05. The maximum atomic E-state index is 4.58. The second kappa shape index (κ2) is 14.3. The quantitative estimate of drug-likeness (QED) is 0.499. The van der Waals surface area contributed by atoms with Crippen LogP contribution in [0.4, 0.5) is 0 Å². The monoisotopic (exact) mass is 353 g/mol. The van der Waals surface area contributed by atoms with Gasteiger partial charge in [0, 0.05) is 6.20 Å². The van der Waals surface area contributed by atoms with E-state index in [9.17, 15) is 0 Å². The Kier molecular flexibility index (Phi) is 13.3. The predicted molar refractivity (Wildman–Crippen MR) is 120 cm³/mol. The zero-order valence-corrected chi connectivity index (χ0v) is 18.3. The fourth-order valence-electron chi connectivity index (χ4n) is 2.38. The molecular formula is C25H39N. The van der Waals surface area contributed by atoms with Crippen LogP contribution in [-0.4, -0.2) is 4.98 Å². The van der Waals surface area contributed by atoms with Crippen molar-refractivity contribution in [1.29, 1.82) is 0 Å². The molecule has 26 heavy (non-hydrogen) atoms. The zero-order valence-electron chi connectivity index (χ0n) is 18.3. The summed E-state index contributed by atoms with van der Waals surface area (Å²) in [4.78, 5) is 4.58. The molecule has 1 aromatic heterocycles. The number of aromatic nitrogens is 1. The Balaban J connectivity index is 0.00000113. The number of fused-ring (bicyclic) bond motifs is 1. The van der Waals surface area contributed by atoms with Crippen LogP contribution in [0.2, 0.25) is 0 Å². The normalized spacial score (nSPS) is 13.7. The van der Waals surface area contributed by atoms with Crippen molar-refractivity contribution in [2.24, 2.45) is 5.92 Å².